The molecule has 0 heterocycles. The average Bonchev–Trinajstić information content (AvgIpc) is 2.30. The van der Waals surface area contributed by atoms with Gasteiger partial charge in [-0.3, -0.25) is 4.79 Å². The first kappa shape index (κ1) is 13.6. The molecule has 0 aliphatic rings. The molecular formula is C13H17FO3. The predicted molar refractivity (Wildman–Crippen MR) is 63.0 cm³/mol. The minimum Gasteiger partial charge on any atom is -0.491 e. The van der Waals surface area contributed by atoms with Crippen molar-refractivity contribution in [1.29, 1.82) is 0 Å². The van der Waals surface area contributed by atoms with E-state index in [4.69, 9.17) is 9.47 Å². The number of carbonyl (C=O) groups is 1. The smallest absolute Gasteiger partial charge is 0.165 e. The number of methoxy groups -OCH3 is 1. The molecule has 0 aliphatic carbocycles. The highest BCUT2D eigenvalue weighted by molar-refractivity contribution is 5.94. The Labute approximate surface area is 101 Å². The van der Waals surface area contributed by atoms with E-state index in [1.165, 1.54) is 19.1 Å². The van der Waals surface area contributed by atoms with Gasteiger partial charge in [0.05, 0.1) is 6.61 Å². The van der Waals surface area contributed by atoms with E-state index in [9.17, 15) is 9.18 Å². The minimum absolute atomic E-state index is 0.157. The van der Waals surface area contributed by atoms with E-state index in [2.05, 4.69) is 0 Å². The van der Waals surface area contributed by atoms with Crippen molar-refractivity contribution in [3.63, 3.8) is 0 Å². The molecule has 1 rings (SSSR count). The van der Waals surface area contributed by atoms with Crippen LogP contribution >= 0.6 is 0 Å². The molecule has 0 aromatic heterocycles. The van der Waals surface area contributed by atoms with Crippen molar-refractivity contribution < 1.29 is 18.7 Å². The highest BCUT2D eigenvalue weighted by Gasteiger charge is 2.07. The third-order valence-electron chi connectivity index (χ3n) is 2.34. The van der Waals surface area contributed by atoms with Gasteiger partial charge in [0.25, 0.3) is 0 Å². The summed E-state index contributed by atoms with van der Waals surface area (Å²) in [4.78, 5) is 11.0. The van der Waals surface area contributed by atoms with Crippen LogP contribution in [-0.4, -0.2) is 26.1 Å². The largest absolute Gasteiger partial charge is 0.491 e. The standard InChI is InChI=1S/C13H17FO3/c1-10(15)11-5-6-13(12(14)9-11)17-8-4-3-7-16-2/h5-6,9H,3-4,7-8H2,1-2H3. The molecule has 0 N–H and O–H groups in total. The fraction of sp³-hybridized carbons (Fsp3) is 0.462. The van der Waals surface area contributed by atoms with Crippen LogP contribution in [0.5, 0.6) is 5.75 Å². The van der Waals surface area contributed by atoms with Gasteiger partial charge in [0.1, 0.15) is 0 Å². The number of ketones is 1. The van der Waals surface area contributed by atoms with Crippen molar-refractivity contribution in [2.24, 2.45) is 0 Å². The summed E-state index contributed by atoms with van der Waals surface area (Å²) < 4.78 is 23.7. The lowest BCUT2D eigenvalue weighted by atomic mass is 10.1. The van der Waals surface area contributed by atoms with Crippen molar-refractivity contribution >= 4 is 5.78 Å². The lowest BCUT2D eigenvalue weighted by Crippen LogP contribution is -2.02. The monoisotopic (exact) mass is 240 g/mol. The van der Waals surface area contributed by atoms with Gasteiger partial charge in [-0.05, 0) is 38.0 Å². The summed E-state index contributed by atoms with van der Waals surface area (Å²) in [7, 11) is 1.64. The van der Waals surface area contributed by atoms with Gasteiger partial charge in [0, 0.05) is 19.3 Å². The van der Waals surface area contributed by atoms with Crippen molar-refractivity contribution in [2.75, 3.05) is 20.3 Å². The Balaban J connectivity index is 2.46. The maximum Gasteiger partial charge on any atom is 0.165 e. The van der Waals surface area contributed by atoms with Crippen LogP contribution in [0.4, 0.5) is 4.39 Å². The van der Waals surface area contributed by atoms with E-state index < -0.39 is 5.82 Å². The Bertz CT molecular complexity index is 377. The molecule has 17 heavy (non-hydrogen) atoms. The van der Waals surface area contributed by atoms with Gasteiger partial charge in [-0.2, -0.15) is 0 Å². The summed E-state index contributed by atoms with van der Waals surface area (Å²) >= 11 is 0. The van der Waals surface area contributed by atoms with Gasteiger partial charge in [-0.25, -0.2) is 4.39 Å². The molecule has 0 spiro atoms. The van der Waals surface area contributed by atoms with Crippen LogP contribution in [0.15, 0.2) is 18.2 Å². The number of rotatable bonds is 7. The van der Waals surface area contributed by atoms with Gasteiger partial charge < -0.3 is 9.47 Å². The average molecular weight is 240 g/mol. The number of Topliss-reactive ketones (excluding diaryl/α,β-unsaturated/α-hetero) is 1. The molecule has 0 amide bonds. The maximum atomic E-state index is 13.5. The lowest BCUT2D eigenvalue weighted by Gasteiger charge is -2.07. The quantitative estimate of drug-likeness (QED) is 0.543. The Morgan fingerprint density at radius 1 is 1.29 bits per heavy atom. The second-order valence-corrected chi connectivity index (χ2v) is 3.75. The van der Waals surface area contributed by atoms with E-state index in [-0.39, 0.29) is 11.5 Å². The van der Waals surface area contributed by atoms with Crippen LogP contribution in [-0.2, 0) is 4.74 Å². The van der Waals surface area contributed by atoms with E-state index in [0.717, 1.165) is 12.8 Å². The molecule has 1 aromatic carbocycles. The lowest BCUT2D eigenvalue weighted by molar-refractivity contribution is 0.101. The zero-order chi connectivity index (χ0) is 12.7. The minimum atomic E-state index is -0.496. The molecule has 0 saturated heterocycles. The number of hydrogen-bond acceptors (Lipinski definition) is 3. The van der Waals surface area contributed by atoms with Gasteiger partial charge in [-0.1, -0.05) is 0 Å². The fourth-order valence-electron chi connectivity index (χ4n) is 1.37. The van der Waals surface area contributed by atoms with Crippen molar-refractivity contribution in [1.82, 2.24) is 0 Å². The normalized spacial score (nSPS) is 10.3. The zero-order valence-electron chi connectivity index (χ0n) is 10.2. The number of ether oxygens (including phenoxy) is 2. The van der Waals surface area contributed by atoms with Gasteiger partial charge in [-0.15, -0.1) is 0 Å². The van der Waals surface area contributed by atoms with Crippen LogP contribution in [0.3, 0.4) is 0 Å². The Morgan fingerprint density at radius 2 is 2.00 bits per heavy atom. The van der Waals surface area contributed by atoms with Gasteiger partial charge >= 0.3 is 0 Å². The number of halogens is 1. The van der Waals surface area contributed by atoms with Crippen molar-refractivity contribution in [2.45, 2.75) is 19.8 Å². The van der Waals surface area contributed by atoms with Crippen LogP contribution < -0.4 is 4.74 Å². The molecule has 4 heteroatoms. The number of unbranched alkanes of at least 4 members (excludes halogenated alkanes) is 1. The summed E-state index contributed by atoms with van der Waals surface area (Å²) in [6.07, 6.45) is 1.69. The molecule has 0 atom stereocenters. The summed E-state index contributed by atoms with van der Waals surface area (Å²) in [5, 5.41) is 0. The summed E-state index contributed by atoms with van der Waals surface area (Å²) in [5.74, 6) is -0.465. The van der Waals surface area contributed by atoms with E-state index in [0.29, 0.717) is 18.8 Å². The molecule has 0 unspecified atom stereocenters. The van der Waals surface area contributed by atoms with Gasteiger partial charge in [0.2, 0.25) is 0 Å². The van der Waals surface area contributed by atoms with Crippen molar-refractivity contribution in [3.8, 4) is 5.75 Å². The summed E-state index contributed by atoms with van der Waals surface area (Å²) in [6.45, 7) is 2.52. The first-order chi connectivity index (χ1) is 8.15. The molecule has 0 fully saturated rings. The number of hydrogen-bond donors (Lipinski definition) is 0. The highest BCUT2D eigenvalue weighted by Crippen LogP contribution is 2.18. The van der Waals surface area contributed by atoms with Crippen LogP contribution in [0.2, 0.25) is 0 Å². The third-order valence-corrected chi connectivity index (χ3v) is 2.34. The third kappa shape index (κ3) is 4.53. The SMILES string of the molecule is COCCCCOc1ccc(C(C)=O)cc1F. The Kier molecular flexibility index (Phi) is 5.63. The molecular weight excluding hydrogens is 223 g/mol. The molecule has 3 nitrogen and oxygen atoms in total. The highest BCUT2D eigenvalue weighted by atomic mass is 19.1. The van der Waals surface area contributed by atoms with Crippen LogP contribution in [0.1, 0.15) is 30.1 Å². The van der Waals surface area contributed by atoms with E-state index in [1.54, 1.807) is 13.2 Å². The summed E-state index contributed by atoms with van der Waals surface area (Å²) in [6, 6.07) is 4.26. The Morgan fingerprint density at radius 3 is 2.59 bits per heavy atom. The summed E-state index contributed by atoms with van der Waals surface area (Å²) in [5.41, 5.74) is 0.356. The zero-order valence-corrected chi connectivity index (χ0v) is 10.2. The first-order valence-electron chi connectivity index (χ1n) is 5.57. The van der Waals surface area contributed by atoms with E-state index in [1.807, 2.05) is 0 Å². The fourth-order valence-corrected chi connectivity index (χ4v) is 1.37. The van der Waals surface area contributed by atoms with Crippen LogP contribution in [0.25, 0.3) is 0 Å². The predicted octanol–water partition coefficient (Wildman–Crippen LogP) is 2.83. The molecule has 0 radical (unpaired) electrons. The molecule has 0 saturated carbocycles. The molecule has 1 aromatic rings. The second kappa shape index (κ2) is 7.01. The first-order valence-corrected chi connectivity index (χ1v) is 5.57. The molecule has 0 aliphatic heterocycles. The Hall–Kier alpha value is -1.42. The van der Waals surface area contributed by atoms with Crippen molar-refractivity contribution in [3.05, 3.63) is 29.6 Å². The topological polar surface area (TPSA) is 35.5 Å². The maximum absolute atomic E-state index is 13.5. The number of carbonyl (C=O) groups excluding carboxylic acids is 1. The second-order valence-electron chi connectivity index (χ2n) is 3.75. The molecule has 94 valence electrons. The van der Waals surface area contributed by atoms with Gasteiger partial charge in [0.15, 0.2) is 17.3 Å². The van der Waals surface area contributed by atoms with E-state index >= 15 is 0 Å². The molecule has 0 bridgehead atoms. The number of benzene rings is 1. The van der Waals surface area contributed by atoms with Crippen LogP contribution in [0, 0.1) is 5.82 Å².